The van der Waals surface area contributed by atoms with Crippen molar-refractivity contribution in [2.75, 3.05) is 12.3 Å². The number of thiophene rings is 1. The van der Waals surface area contributed by atoms with E-state index in [9.17, 15) is 8.42 Å². The lowest BCUT2D eigenvalue weighted by Gasteiger charge is -2.05. The van der Waals surface area contributed by atoms with Crippen molar-refractivity contribution in [1.82, 2.24) is 4.72 Å². The Balaban J connectivity index is 1.93. The van der Waals surface area contributed by atoms with Crippen molar-refractivity contribution in [1.29, 1.82) is 0 Å². The minimum absolute atomic E-state index is 0.237. The number of benzene rings is 1. The zero-order chi connectivity index (χ0) is 13.9. The zero-order valence-corrected chi connectivity index (χ0v) is 12.4. The first kappa shape index (κ1) is 14.3. The van der Waals surface area contributed by atoms with Gasteiger partial charge in [0.15, 0.2) is 0 Å². The van der Waals surface area contributed by atoms with Crippen LogP contribution in [0.4, 0.5) is 5.69 Å². The average molecular weight is 317 g/mol. The smallest absolute Gasteiger partial charge is 0.250 e. The van der Waals surface area contributed by atoms with Crippen LogP contribution in [0.1, 0.15) is 5.56 Å². The Labute approximate surface area is 121 Å². The van der Waals surface area contributed by atoms with Gasteiger partial charge < -0.3 is 5.73 Å². The molecule has 102 valence electrons. The van der Waals surface area contributed by atoms with Crippen molar-refractivity contribution in [3.63, 3.8) is 0 Å². The van der Waals surface area contributed by atoms with Crippen LogP contribution in [0.2, 0.25) is 5.02 Å². The third kappa shape index (κ3) is 3.94. The average Bonchev–Trinajstić information content (AvgIpc) is 2.79. The second-order valence-corrected chi connectivity index (χ2v) is 7.31. The third-order valence-corrected chi connectivity index (χ3v) is 5.65. The molecule has 19 heavy (non-hydrogen) atoms. The van der Waals surface area contributed by atoms with Crippen LogP contribution in [0.25, 0.3) is 0 Å². The van der Waals surface area contributed by atoms with Crippen LogP contribution in [0, 0.1) is 0 Å². The molecule has 0 atom stereocenters. The summed E-state index contributed by atoms with van der Waals surface area (Å²) in [7, 11) is -3.46. The lowest BCUT2D eigenvalue weighted by atomic mass is 10.2. The van der Waals surface area contributed by atoms with E-state index in [2.05, 4.69) is 4.72 Å². The molecule has 0 aliphatic rings. The molecule has 4 nitrogen and oxygen atoms in total. The first-order chi connectivity index (χ1) is 8.97. The molecule has 1 heterocycles. The molecule has 0 amide bonds. The number of hydrogen-bond donors (Lipinski definition) is 2. The molecule has 0 saturated carbocycles. The fourth-order valence-electron chi connectivity index (χ4n) is 1.52. The SMILES string of the molecule is Nc1csc(S(=O)(=O)NCCc2ccc(Cl)cc2)c1. The molecule has 2 aromatic rings. The Hall–Kier alpha value is -1.08. The molecule has 0 aliphatic carbocycles. The molecule has 2 rings (SSSR count). The van der Waals surface area contributed by atoms with E-state index < -0.39 is 10.0 Å². The van der Waals surface area contributed by atoms with Gasteiger partial charge >= 0.3 is 0 Å². The van der Waals surface area contributed by atoms with Gasteiger partial charge in [-0.15, -0.1) is 11.3 Å². The Bertz CT molecular complexity index is 651. The summed E-state index contributed by atoms with van der Waals surface area (Å²) in [4.78, 5) is 0. The maximum Gasteiger partial charge on any atom is 0.250 e. The molecule has 0 unspecified atom stereocenters. The minimum Gasteiger partial charge on any atom is -0.398 e. The van der Waals surface area contributed by atoms with E-state index in [0.717, 1.165) is 16.9 Å². The third-order valence-electron chi connectivity index (χ3n) is 2.48. The summed E-state index contributed by atoms with van der Waals surface area (Å²) in [6, 6.07) is 8.77. The number of anilines is 1. The van der Waals surface area contributed by atoms with Crippen LogP contribution in [-0.2, 0) is 16.4 Å². The van der Waals surface area contributed by atoms with Gasteiger partial charge in [0, 0.05) is 22.6 Å². The lowest BCUT2D eigenvalue weighted by Crippen LogP contribution is -2.25. The van der Waals surface area contributed by atoms with E-state index in [4.69, 9.17) is 17.3 Å². The van der Waals surface area contributed by atoms with Crippen LogP contribution in [-0.4, -0.2) is 15.0 Å². The van der Waals surface area contributed by atoms with Gasteiger partial charge in [0.25, 0.3) is 0 Å². The van der Waals surface area contributed by atoms with Gasteiger partial charge in [0.2, 0.25) is 10.0 Å². The Morgan fingerprint density at radius 1 is 1.26 bits per heavy atom. The van der Waals surface area contributed by atoms with E-state index >= 15 is 0 Å². The number of sulfonamides is 1. The Morgan fingerprint density at radius 2 is 1.95 bits per heavy atom. The van der Waals surface area contributed by atoms with Crippen molar-refractivity contribution in [2.24, 2.45) is 0 Å². The topological polar surface area (TPSA) is 72.2 Å². The molecule has 1 aromatic heterocycles. The highest BCUT2D eigenvalue weighted by Crippen LogP contribution is 2.21. The molecule has 1 aromatic carbocycles. The van der Waals surface area contributed by atoms with E-state index in [-0.39, 0.29) is 4.21 Å². The summed E-state index contributed by atoms with van der Waals surface area (Å²) in [5.41, 5.74) is 7.00. The molecular weight excluding hydrogens is 304 g/mol. The molecule has 0 fully saturated rings. The van der Waals surface area contributed by atoms with Gasteiger partial charge in [0.1, 0.15) is 4.21 Å². The quantitative estimate of drug-likeness (QED) is 0.890. The highest BCUT2D eigenvalue weighted by molar-refractivity contribution is 7.91. The molecule has 0 saturated heterocycles. The van der Waals surface area contributed by atoms with Gasteiger partial charge in [-0.2, -0.15) is 0 Å². The van der Waals surface area contributed by atoms with Crippen LogP contribution in [0.5, 0.6) is 0 Å². The maximum absolute atomic E-state index is 11.9. The Morgan fingerprint density at radius 3 is 2.53 bits per heavy atom. The molecule has 0 bridgehead atoms. The molecule has 0 spiro atoms. The first-order valence-electron chi connectivity index (χ1n) is 5.55. The number of hydrogen-bond acceptors (Lipinski definition) is 4. The van der Waals surface area contributed by atoms with Gasteiger partial charge in [-0.25, -0.2) is 13.1 Å². The summed E-state index contributed by atoms with van der Waals surface area (Å²) in [6.07, 6.45) is 0.608. The zero-order valence-electron chi connectivity index (χ0n) is 9.97. The summed E-state index contributed by atoms with van der Waals surface area (Å²) in [5.74, 6) is 0. The van der Waals surface area contributed by atoms with Crippen LogP contribution in [0.15, 0.2) is 39.9 Å². The number of rotatable bonds is 5. The van der Waals surface area contributed by atoms with Crippen molar-refractivity contribution in [3.8, 4) is 0 Å². The monoisotopic (exact) mass is 316 g/mol. The second-order valence-electron chi connectivity index (χ2n) is 3.97. The van der Waals surface area contributed by atoms with Crippen LogP contribution >= 0.6 is 22.9 Å². The van der Waals surface area contributed by atoms with E-state index in [1.165, 1.54) is 6.07 Å². The largest absolute Gasteiger partial charge is 0.398 e. The van der Waals surface area contributed by atoms with Crippen molar-refractivity contribution in [3.05, 3.63) is 46.3 Å². The maximum atomic E-state index is 11.9. The van der Waals surface area contributed by atoms with Crippen LogP contribution in [0.3, 0.4) is 0 Å². The predicted molar refractivity (Wildman–Crippen MR) is 79.1 cm³/mol. The van der Waals surface area contributed by atoms with E-state index in [1.54, 1.807) is 17.5 Å². The molecular formula is C12H13ClN2O2S2. The first-order valence-corrected chi connectivity index (χ1v) is 8.29. The van der Waals surface area contributed by atoms with E-state index in [0.29, 0.717) is 23.7 Å². The molecule has 3 N–H and O–H groups in total. The van der Waals surface area contributed by atoms with Crippen molar-refractivity contribution >= 4 is 38.6 Å². The summed E-state index contributed by atoms with van der Waals surface area (Å²) >= 11 is 6.89. The normalized spacial score (nSPS) is 11.6. The van der Waals surface area contributed by atoms with Crippen molar-refractivity contribution in [2.45, 2.75) is 10.6 Å². The number of nitrogens with two attached hydrogens (primary N) is 1. The fourth-order valence-corrected chi connectivity index (χ4v) is 3.81. The number of halogens is 1. The second kappa shape index (κ2) is 5.92. The summed E-state index contributed by atoms with van der Waals surface area (Å²) in [6.45, 7) is 0.335. The van der Waals surface area contributed by atoms with Gasteiger partial charge in [-0.05, 0) is 30.2 Å². The lowest BCUT2D eigenvalue weighted by molar-refractivity contribution is 0.584. The molecule has 0 radical (unpaired) electrons. The van der Waals surface area contributed by atoms with Crippen LogP contribution < -0.4 is 10.5 Å². The Kier molecular flexibility index (Phi) is 4.46. The summed E-state index contributed by atoms with van der Waals surface area (Å²) < 4.78 is 26.6. The fraction of sp³-hybridized carbons (Fsp3) is 0.167. The highest BCUT2D eigenvalue weighted by atomic mass is 35.5. The number of nitrogen functional groups attached to an aromatic ring is 1. The highest BCUT2D eigenvalue weighted by Gasteiger charge is 2.15. The van der Waals surface area contributed by atoms with Gasteiger partial charge in [-0.1, -0.05) is 23.7 Å². The summed E-state index contributed by atoms with van der Waals surface area (Å²) in [5, 5.41) is 2.27. The minimum atomic E-state index is -3.46. The molecule has 0 aliphatic heterocycles. The van der Waals surface area contributed by atoms with E-state index in [1.807, 2.05) is 12.1 Å². The van der Waals surface area contributed by atoms with Gasteiger partial charge in [-0.3, -0.25) is 0 Å². The van der Waals surface area contributed by atoms with Gasteiger partial charge in [0.05, 0.1) is 0 Å². The number of nitrogens with one attached hydrogen (secondary N) is 1. The predicted octanol–water partition coefficient (Wildman–Crippen LogP) is 2.50. The standard InChI is InChI=1S/C12H13ClN2O2S2/c13-10-3-1-9(2-4-10)5-6-15-19(16,17)12-7-11(14)8-18-12/h1-4,7-8,15H,5-6,14H2. The van der Waals surface area contributed by atoms with Crippen molar-refractivity contribution < 1.29 is 8.42 Å². The molecule has 7 heteroatoms.